The van der Waals surface area contributed by atoms with Crippen LogP contribution in [0.15, 0.2) is 25.6 Å². The van der Waals surface area contributed by atoms with Crippen molar-refractivity contribution in [3.05, 3.63) is 32.0 Å². The van der Waals surface area contributed by atoms with E-state index >= 15 is 0 Å². The second-order valence-electron chi connectivity index (χ2n) is 3.83. The molecule has 0 aliphatic carbocycles. The number of nitrogens with one attached hydrogen (secondary N) is 1. The molecule has 2 heterocycles. The Kier molecular flexibility index (Phi) is 5.49. The molecule has 0 aromatic carbocycles. The standard InChI is InChI=1S/C11H11BrN2O4S3/c1-18-10(15)9-11(19-6-13-9)21(16,17)14-5-4-7-2-3-8(12)20-7/h2-3,6,14H,4-5H2,1H3. The molecule has 2 aromatic heterocycles. The van der Waals surface area contributed by atoms with Crippen LogP contribution in [0.25, 0.3) is 0 Å². The van der Waals surface area contributed by atoms with E-state index < -0.39 is 16.0 Å². The molecule has 0 unspecified atom stereocenters. The second kappa shape index (κ2) is 6.97. The van der Waals surface area contributed by atoms with Crippen LogP contribution in [0.2, 0.25) is 0 Å². The molecular weight excluding hydrogens is 400 g/mol. The summed E-state index contributed by atoms with van der Waals surface area (Å²) >= 11 is 5.78. The van der Waals surface area contributed by atoms with Gasteiger partial charge in [-0.25, -0.2) is 22.9 Å². The molecule has 1 N–H and O–H groups in total. The van der Waals surface area contributed by atoms with E-state index in [1.807, 2.05) is 12.1 Å². The summed E-state index contributed by atoms with van der Waals surface area (Å²) in [6, 6.07) is 3.84. The molecule has 0 amide bonds. The minimum Gasteiger partial charge on any atom is -0.464 e. The summed E-state index contributed by atoms with van der Waals surface area (Å²) in [6.45, 7) is 0.244. The molecule has 0 atom stereocenters. The molecule has 2 aromatic rings. The summed E-state index contributed by atoms with van der Waals surface area (Å²) in [5, 5.41) is 0. The average Bonchev–Trinajstić information content (AvgIpc) is 3.07. The van der Waals surface area contributed by atoms with Crippen molar-refractivity contribution >= 4 is 54.6 Å². The van der Waals surface area contributed by atoms with E-state index in [9.17, 15) is 13.2 Å². The molecule has 114 valence electrons. The number of aromatic nitrogens is 1. The number of esters is 1. The van der Waals surface area contributed by atoms with Gasteiger partial charge < -0.3 is 4.74 Å². The van der Waals surface area contributed by atoms with Gasteiger partial charge in [-0.15, -0.1) is 22.7 Å². The Morgan fingerprint density at radius 1 is 1.48 bits per heavy atom. The number of sulfonamides is 1. The van der Waals surface area contributed by atoms with Crippen LogP contribution in [0.5, 0.6) is 0 Å². The van der Waals surface area contributed by atoms with Crippen molar-refractivity contribution in [1.29, 1.82) is 0 Å². The van der Waals surface area contributed by atoms with Crippen molar-refractivity contribution in [3.63, 3.8) is 0 Å². The van der Waals surface area contributed by atoms with Gasteiger partial charge in [0, 0.05) is 11.4 Å². The van der Waals surface area contributed by atoms with Crippen LogP contribution >= 0.6 is 38.6 Å². The number of hydrogen-bond donors (Lipinski definition) is 1. The topological polar surface area (TPSA) is 85.4 Å². The molecule has 0 aliphatic rings. The molecule has 0 aliphatic heterocycles. The lowest BCUT2D eigenvalue weighted by Gasteiger charge is -2.05. The highest BCUT2D eigenvalue weighted by molar-refractivity contribution is 9.11. The van der Waals surface area contributed by atoms with E-state index in [2.05, 4.69) is 30.4 Å². The minimum absolute atomic E-state index is 0.123. The Morgan fingerprint density at radius 3 is 2.86 bits per heavy atom. The summed E-state index contributed by atoms with van der Waals surface area (Å²) in [6.07, 6.45) is 0.571. The van der Waals surface area contributed by atoms with Crippen molar-refractivity contribution in [3.8, 4) is 0 Å². The van der Waals surface area contributed by atoms with E-state index in [-0.39, 0.29) is 16.4 Å². The third-order valence-electron chi connectivity index (χ3n) is 2.45. The maximum absolute atomic E-state index is 12.2. The Hall–Kier alpha value is -0.810. The Labute approximate surface area is 138 Å². The quantitative estimate of drug-likeness (QED) is 0.738. The lowest BCUT2D eigenvalue weighted by molar-refractivity contribution is 0.0590. The highest BCUT2D eigenvalue weighted by atomic mass is 79.9. The highest BCUT2D eigenvalue weighted by Gasteiger charge is 2.26. The summed E-state index contributed by atoms with van der Waals surface area (Å²) in [4.78, 5) is 16.3. The summed E-state index contributed by atoms with van der Waals surface area (Å²) in [7, 11) is -2.59. The van der Waals surface area contributed by atoms with Crippen LogP contribution in [-0.2, 0) is 21.2 Å². The monoisotopic (exact) mass is 410 g/mol. The average molecular weight is 411 g/mol. The molecule has 0 saturated heterocycles. The normalized spacial score (nSPS) is 11.5. The predicted octanol–water partition coefficient (Wildman–Crippen LogP) is 2.27. The van der Waals surface area contributed by atoms with Crippen LogP contribution in [0, 0.1) is 0 Å². The van der Waals surface area contributed by atoms with Crippen LogP contribution in [0.3, 0.4) is 0 Å². The molecule has 21 heavy (non-hydrogen) atoms. The minimum atomic E-state index is -3.77. The predicted molar refractivity (Wildman–Crippen MR) is 84.4 cm³/mol. The van der Waals surface area contributed by atoms with Crippen molar-refractivity contribution in [1.82, 2.24) is 9.71 Å². The summed E-state index contributed by atoms with van der Waals surface area (Å²) in [5.41, 5.74) is 1.12. The Balaban J connectivity index is 2.05. The van der Waals surface area contributed by atoms with Gasteiger partial charge in [-0.3, -0.25) is 0 Å². The van der Waals surface area contributed by atoms with Gasteiger partial charge in [-0.1, -0.05) is 0 Å². The van der Waals surface area contributed by atoms with Gasteiger partial charge in [0.2, 0.25) is 0 Å². The number of carbonyl (C=O) groups excluding carboxylic acids is 1. The SMILES string of the molecule is COC(=O)c1ncsc1S(=O)(=O)NCCc1ccc(Br)s1. The Bertz CT molecular complexity index is 738. The second-order valence-corrected chi connectivity index (χ2v) is 9.20. The van der Waals surface area contributed by atoms with Gasteiger partial charge in [0.1, 0.15) is 0 Å². The van der Waals surface area contributed by atoms with Gasteiger partial charge in [-0.2, -0.15) is 0 Å². The molecule has 0 radical (unpaired) electrons. The lowest BCUT2D eigenvalue weighted by atomic mass is 10.3. The van der Waals surface area contributed by atoms with Gasteiger partial charge in [0.25, 0.3) is 10.0 Å². The smallest absolute Gasteiger partial charge is 0.358 e. The van der Waals surface area contributed by atoms with Crippen LogP contribution < -0.4 is 4.72 Å². The number of thiophene rings is 1. The number of rotatable bonds is 6. The van der Waals surface area contributed by atoms with Crippen LogP contribution in [0.4, 0.5) is 0 Å². The maximum atomic E-state index is 12.2. The van der Waals surface area contributed by atoms with Crippen molar-refractivity contribution in [2.24, 2.45) is 0 Å². The fourth-order valence-electron chi connectivity index (χ4n) is 1.52. The first-order valence-corrected chi connectivity index (χ1v) is 9.67. The van der Waals surface area contributed by atoms with Crippen molar-refractivity contribution < 1.29 is 17.9 Å². The fourth-order valence-corrected chi connectivity index (χ4v) is 5.21. The van der Waals surface area contributed by atoms with Crippen LogP contribution in [0.1, 0.15) is 15.4 Å². The first kappa shape index (κ1) is 16.6. The lowest BCUT2D eigenvalue weighted by Crippen LogP contribution is -2.26. The van der Waals surface area contributed by atoms with E-state index in [0.717, 1.165) is 20.0 Å². The van der Waals surface area contributed by atoms with Crippen LogP contribution in [-0.4, -0.2) is 33.0 Å². The zero-order chi connectivity index (χ0) is 15.5. The zero-order valence-electron chi connectivity index (χ0n) is 10.8. The third-order valence-corrected chi connectivity index (χ3v) is 6.96. The number of hydrogen-bond acceptors (Lipinski definition) is 7. The van der Waals surface area contributed by atoms with Gasteiger partial charge in [0.15, 0.2) is 9.90 Å². The number of carbonyl (C=O) groups is 1. The third kappa shape index (κ3) is 4.10. The molecule has 0 spiro atoms. The van der Waals surface area contributed by atoms with Crippen molar-refractivity contribution in [2.75, 3.05) is 13.7 Å². The first-order chi connectivity index (χ1) is 9.94. The molecule has 2 rings (SSSR count). The fraction of sp³-hybridized carbons (Fsp3) is 0.273. The first-order valence-electron chi connectivity index (χ1n) is 5.69. The molecule has 6 nitrogen and oxygen atoms in total. The van der Waals surface area contributed by atoms with E-state index in [1.54, 1.807) is 11.3 Å². The van der Waals surface area contributed by atoms with E-state index in [0.29, 0.717) is 6.42 Å². The Morgan fingerprint density at radius 2 is 2.24 bits per heavy atom. The van der Waals surface area contributed by atoms with Gasteiger partial charge in [-0.05, 0) is 34.5 Å². The van der Waals surface area contributed by atoms with E-state index in [1.165, 1.54) is 12.6 Å². The van der Waals surface area contributed by atoms with Gasteiger partial charge >= 0.3 is 5.97 Å². The summed E-state index contributed by atoms with van der Waals surface area (Å²) in [5.74, 6) is -0.765. The number of nitrogens with zero attached hydrogens (tertiary/aromatic N) is 1. The largest absolute Gasteiger partial charge is 0.464 e. The van der Waals surface area contributed by atoms with E-state index in [4.69, 9.17) is 0 Å². The number of methoxy groups -OCH3 is 1. The molecular formula is C11H11BrN2O4S3. The van der Waals surface area contributed by atoms with Crippen molar-refractivity contribution in [2.45, 2.75) is 10.6 Å². The summed E-state index contributed by atoms with van der Waals surface area (Å²) < 4.78 is 32.2. The number of thiazole rings is 1. The molecule has 0 bridgehead atoms. The zero-order valence-corrected chi connectivity index (χ0v) is 14.9. The maximum Gasteiger partial charge on any atom is 0.358 e. The molecule has 10 heteroatoms. The molecule has 0 fully saturated rings. The number of ether oxygens (including phenoxy) is 1. The number of halogens is 1. The highest BCUT2D eigenvalue weighted by Crippen LogP contribution is 2.23. The molecule has 0 saturated carbocycles. The van der Waals surface area contributed by atoms with Gasteiger partial charge in [0.05, 0.1) is 16.4 Å².